The van der Waals surface area contributed by atoms with Gasteiger partial charge in [-0.05, 0) is 50.6 Å². The summed E-state index contributed by atoms with van der Waals surface area (Å²) in [7, 11) is 0. The maximum Gasteiger partial charge on any atom is 0.418 e. The number of carbonyl (C=O) groups is 1. The van der Waals surface area contributed by atoms with Gasteiger partial charge in [-0.25, -0.2) is 9.48 Å². The summed E-state index contributed by atoms with van der Waals surface area (Å²) in [5.74, 6) is 1.08. The Bertz CT molecular complexity index is 1060. The minimum absolute atomic E-state index is 0.167. The van der Waals surface area contributed by atoms with E-state index < -0.39 is 17.8 Å². The molecule has 31 heavy (non-hydrogen) atoms. The quantitative estimate of drug-likeness (QED) is 0.514. The molecular formula is C20H22F3N7O. The topological polar surface area (TPSA) is 96.8 Å². The number of para-hydroxylation sites is 1. The van der Waals surface area contributed by atoms with E-state index in [0.29, 0.717) is 18.2 Å². The van der Waals surface area contributed by atoms with Crippen molar-refractivity contribution in [2.24, 2.45) is 0 Å². The van der Waals surface area contributed by atoms with Gasteiger partial charge in [0.05, 0.1) is 16.9 Å². The lowest BCUT2D eigenvalue weighted by atomic mass is 10.1. The highest BCUT2D eigenvalue weighted by atomic mass is 19.4. The van der Waals surface area contributed by atoms with Gasteiger partial charge in [-0.3, -0.25) is 0 Å². The summed E-state index contributed by atoms with van der Waals surface area (Å²) in [6.07, 6.45) is -4.55. The third-order valence-electron chi connectivity index (χ3n) is 4.72. The average Bonchev–Trinajstić information content (AvgIpc) is 2.98. The molecule has 2 amide bonds. The number of alkyl halides is 3. The largest absolute Gasteiger partial charge is 0.418 e. The second kappa shape index (κ2) is 9.02. The first-order chi connectivity index (χ1) is 14.7. The van der Waals surface area contributed by atoms with Crippen molar-refractivity contribution in [1.29, 1.82) is 0 Å². The molecule has 0 aliphatic heterocycles. The van der Waals surface area contributed by atoms with Crippen LogP contribution in [0.1, 0.15) is 22.5 Å². The van der Waals surface area contributed by atoms with Crippen molar-refractivity contribution in [2.45, 2.75) is 26.9 Å². The first kappa shape index (κ1) is 22.1. The fourth-order valence-electron chi connectivity index (χ4n) is 2.85. The lowest BCUT2D eigenvalue weighted by Crippen LogP contribution is -2.33. The van der Waals surface area contributed by atoms with E-state index in [4.69, 9.17) is 0 Å². The average molecular weight is 433 g/mol. The predicted octanol–water partition coefficient (Wildman–Crippen LogP) is 3.84. The summed E-state index contributed by atoms with van der Waals surface area (Å²) in [5.41, 5.74) is 1.78. The lowest BCUT2D eigenvalue weighted by Gasteiger charge is -2.14. The molecule has 0 radical (unpaired) electrons. The molecular weight excluding hydrogens is 411 g/mol. The third-order valence-corrected chi connectivity index (χ3v) is 4.72. The molecule has 0 saturated heterocycles. The summed E-state index contributed by atoms with van der Waals surface area (Å²) in [6.45, 7) is 6.34. The molecule has 1 aromatic carbocycles. The lowest BCUT2D eigenvalue weighted by molar-refractivity contribution is -0.136. The fraction of sp³-hybridized carbons (Fsp3) is 0.300. The van der Waals surface area contributed by atoms with E-state index in [1.54, 1.807) is 16.8 Å². The minimum atomic E-state index is -4.55. The van der Waals surface area contributed by atoms with E-state index >= 15 is 0 Å². The van der Waals surface area contributed by atoms with Gasteiger partial charge in [-0.2, -0.15) is 18.3 Å². The zero-order chi connectivity index (χ0) is 22.6. The van der Waals surface area contributed by atoms with Gasteiger partial charge in [0.15, 0.2) is 5.82 Å². The Morgan fingerprint density at radius 2 is 1.77 bits per heavy atom. The number of rotatable bonds is 6. The Hall–Kier alpha value is -3.63. The number of halogens is 3. The van der Waals surface area contributed by atoms with Crippen molar-refractivity contribution >= 4 is 17.5 Å². The highest BCUT2D eigenvalue weighted by Crippen LogP contribution is 2.34. The summed E-state index contributed by atoms with van der Waals surface area (Å²) in [5, 5.41) is 20.4. The van der Waals surface area contributed by atoms with Gasteiger partial charge in [0.25, 0.3) is 0 Å². The molecule has 3 N–H and O–H groups in total. The van der Waals surface area contributed by atoms with Crippen LogP contribution in [0.15, 0.2) is 36.4 Å². The smallest absolute Gasteiger partial charge is 0.367 e. The Kier molecular flexibility index (Phi) is 6.42. The van der Waals surface area contributed by atoms with Crippen LogP contribution in [0.25, 0.3) is 5.82 Å². The first-order valence-electron chi connectivity index (χ1n) is 9.48. The van der Waals surface area contributed by atoms with Crippen molar-refractivity contribution in [1.82, 2.24) is 25.3 Å². The van der Waals surface area contributed by atoms with E-state index in [-0.39, 0.29) is 12.2 Å². The molecule has 2 aromatic heterocycles. The first-order valence-corrected chi connectivity index (χ1v) is 9.48. The maximum atomic E-state index is 13.0. The standard InChI is InChI=1S/C20H22F3N7O/c1-12-13(2)29-30(14(12)3)18-9-8-17(27-28-18)24-10-11-25-19(31)26-16-7-5-4-6-15(16)20(21,22)23/h4-9H,10-11H2,1-3H3,(H,24,27)(H2,25,26,31). The van der Waals surface area contributed by atoms with Gasteiger partial charge in [0.2, 0.25) is 0 Å². The molecule has 0 aliphatic rings. The van der Waals surface area contributed by atoms with Crippen molar-refractivity contribution in [3.8, 4) is 5.82 Å². The number of amides is 2. The molecule has 3 aromatic rings. The molecule has 11 heteroatoms. The normalized spacial score (nSPS) is 11.3. The molecule has 0 bridgehead atoms. The molecule has 8 nitrogen and oxygen atoms in total. The van der Waals surface area contributed by atoms with E-state index in [2.05, 4.69) is 31.2 Å². The van der Waals surface area contributed by atoms with Crippen LogP contribution < -0.4 is 16.0 Å². The molecule has 0 saturated carbocycles. The van der Waals surface area contributed by atoms with E-state index in [1.807, 2.05) is 20.8 Å². The van der Waals surface area contributed by atoms with Crippen LogP contribution in [0.2, 0.25) is 0 Å². The molecule has 3 rings (SSSR count). The van der Waals surface area contributed by atoms with E-state index in [0.717, 1.165) is 23.0 Å². The molecule has 0 unspecified atom stereocenters. The zero-order valence-electron chi connectivity index (χ0n) is 17.2. The number of hydrogen-bond acceptors (Lipinski definition) is 5. The molecule has 0 atom stereocenters. The fourth-order valence-corrected chi connectivity index (χ4v) is 2.85. The number of anilines is 2. The monoisotopic (exact) mass is 433 g/mol. The molecule has 0 fully saturated rings. The van der Waals surface area contributed by atoms with Crippen molar-refractivity contribution in [3.05, 3.63) is 58.9 Å². The van der Waals surface area contributed by atoms with Gasteiger partial charge in [0, 0.05) is 18.8 Å². The Labute approximate surface area is 176 Å². The van der Waals surface area contributed by atoms with Crippen LogP contribution >= 0.6 is 0 Å². The number of nitrogens with zero attached hydrogens (tertiary/aromatic N) is 4. The number of hydrogen-bond donors (Lipinski definition) is 3. The second-order valence-corrected chi connectivity index (χ2v) is 6.84. The van der Waals surface area contributed by atoms with E-state index in [1.165, 1.54) is 18.2 Å². The predicted molar refractivity (Wildman–Crippen MR) is 110 cm³/mol. The third kappa shape index (κ3) is 5.30. The van der Waals surface area contributed by atoms with Crippen LogP contribution in [0, 0.1) is 20.8 Å². The zero-order valence-corrected chi connectivity index (χ0v) is 17.2. The van der Waals surface area contributed by atoms with Crippen LogP contribution in [0.3, 0.4) is 0 Å². The molecule has 0 aliphatic carbocycles. The van der Waals surface area contributed by atoms with Crippen molar-refractivity contribution in [3.63, 3.8) is 0 Å². The number of aryl methyl sites for hydroxylation is 1. The highest BCUT2D eigenvalue weighted by Gasteiger charge is 2.33. The SMILES string of the molecule is Cc1nn(-c2ccc(NCCNC(=O)Nc3ccccc3C(F)(F)F)nn2)c(C)c1C. The molecule has 164 valence electrons. The highest BCUT2D eigenvalue weighted by molar-refractivity contribution is 5.90. The maximum absolute atomic E-state index is 13.0. The van der Waals surface area contributed by atoms with Gasteiger partial charge >= 0.3 is 12.2 Å². The van der Waals surface area contributed by atoms with Crippen molar-refractivity contribution in [2.75, 3.05) is 23.7 Å². The Morgan fingerprint density at radius 1 is 1.03 bits per heavy atom. The number of aromatic nitrogens is 4. The van der Waals surface area contributed by atoms with Crippen LogP contribution in [0.5, 0.6) is 0 Å². The van der Waals surface area contributed by atoms with Crippen molar-refractivity contribution < 1.29 is 18.0 Å². The summed E-state index contributed by atoms with van der Waals surface area (Å²) < 4.78 is 40.6. The number of urea groups is 1. The van der Waals surface area contributed by atoms with Crippen LogP contribution in [0.4, 0.5) is 29.5 Å². The Balaban J connectivity index is 1.49. The van der Waals surface area contributed by atoms with Crippen LogP contribution in [-0.2, 0) is 6.18 Å². The molecule has 2 heterocycles. The second-order valence-electron chi connectivity index (χ2n) is 6.84. The number of benzene rings is 1. The number of nitrogens with one attached hydrogen (secondary N) is 3. The Morgan fingerprint density at radius 3 is 2.39 bits per heavy atom. The number of carbonyl (C=O) groups excluding carboxylic acids is 1. The van der Waals surface area contributed by atoms with Gasteiger partial charge in [0.1, 0.15) is 5.82 Å². The van der Waals surface area contributed by atoms with Gasteiger partial charge in [-0.15, -0.1) is 10.2 Å². The molecule has 0 spiro atoms. The minimum Gasteiger partial charge on any atom is -0.367 e. The van der Waals surface area contributed by atoms with Gasteiger partial charge in [-0.1, -0.05) is 12.1 Å². The van der Waals surface area contributed by atoms with E-state index in [9.17, 15) is 18.0 Å². The van der Waals surface area contributed by atoms with Gasteiger partial charge < -0.3 is 16.0 Å². The van der Waals surface area contributed by atoms with Crippen LogP contribution in [-0.4, -0.2) is 39.1 Å². The summed E-state index contributed by atoms with van der Waals surface area (Å²) in [4.78, 5) is 11.9. The summed E-state index contributed by atoms with van der Waals surface area (Å²) >= 11 is 0. The summed E-state index contributed by atoms with van der Waals surface area (Å²) in [6, 6.07) is 7.55.